The van der Waals surface area contributed by atoms with E-state index in [0.717, 1.165) is 27.9 Å². The van der Waals surface area contributed by atoms with Crippen molar-refractivity contribution in [3.63, 3.8) is 0 Å². The molecule has 0 aliphatic rings. The van der Waals surface area contributed by atoms with Gasteiger partial charge in [0, 0.05) is 18.3 Å². The Balaban J connectivity index is 1.67. The van der Waals surface area contributed by atoms with Gasteiger partial charge >= 0.3 is 0 Å². The molecule has 3 aromatic carbocycles. The molecule has 0 unspecified atom stereocenters. The Hall–Kier alpha value is -3.65. The van der Waals surface area contributed by atoms with Crippen LogP contribution in [0.4, 0.5) is 11.4 Å². The molecule has 2 N–H and O–H groups in total. The zero-order chi connectivity index (χ0) is 25.0. The summed E-state index contributed by atoms with van der Waals surface area (Å²) in [6.45, 7) is 7.52. The number of benzene rings is 3. The van der Waals surface area contributed by atoms with Gasteiger partial charge in [0.2, 0.25) is 5.91 Å². The molecule has 3 aromatic rings. The average Bonchev–Trinajstić information content (AvgIpc) is 2.77. The van der Waals surface area contributed by atoms with Gasteiger partial charge in [-0.05, 0) is 74.7 Å². The molecule has 3 rings (SSSR count). The van der Waals surface area contributed by atoms with Crippen LogP contribution >= 0.6 is 0 Å². The molecule has 0 saturated carbocycles. The Morgan fingerprint density at radius 3 is 2.03 bits per heavy atom. The SMILES string of the molecule is Cc1cc(C)c(NC(=O)CN(C)C(=O)c2ccc(S(=O)(=O)Nc3ccccc3C)cc2)c(C)c1. The maximum atomic E-state index is 12.8. The van der Waals surface area contributed by atoms with Crippen LogP contribution < -0.4 is 10.0 Å². The third-order valence-electron chi connectivity index (χ3n) is 5.47. The molecule has 0 spiro atoms. The molecule has 178 valence electrons. The first-order chi connectivity index (χ1) is 16.0. The highest BCUT2D eigenvalue weighted by Gasteiger charge is 2.19. The van der Waals surface area contributed by atoms with E-state index in [1.807, 2.05) is 52.0 Å². The van der Waals surface area contributed by atoms with Gasteiger partial charge < -0.3 is 10.2 Å². The quantitative estimate of drug-likeness (QED) is 0.524. The lowest BCUT2D eigenvalue weighted by molar-refractivity contribution is -0.116. The average molecular weight is 480 g/mol. The number of hydrogen-bond donors (Lipinski definition) is 2. The summed E-state index contributed by atoms with van der Waals surface area (Å²) in [7, 11) is -2.27. The summed E-state index contributed by atoms with van der Waals surface area (Å²) < 4.78 is 28.0. The largest absolute Gasteiger partial charge is 0.332 e. The first-order valence-corrected chi connectivity index (χ1v) is 12.3. The number of hydrogen-bond acceptors (Lipinski definition) is 4. The fourth-order valence-electron chi connectivity index (χ4n) is 3.73. The third kappa shape index (κ3) is 5.82. The second-order valence-corrected chi connectivity index (χ2v) is 10.1. The van der Waals surface area contributed by atoms with Gasteiger partial charge in [0.15, 0.2) is 0 Å². The Morgan fingerprint density at radius 1 is 0.853 bits per heavy atom. The van der Waals surface area contributed by atoms with Gasteiger partial charge in [-0.3, -0.25) is 14.3 Å². The summed E-state index contributed by atoms with van der Waals surface area (Å²) in [5, 5.41) is 2.88. The number of para-hydroxylation sites is 1. The first kappa shape index (κ1) is 25.0. The second-order valence-electron chi connectivity index (χ2n) is 8.43. The summed E-state index contributed by atoms with van der Waals surface area (Å²) in [5.74, 6) is -0.698. The van der Waals surface area contributed by atoms with E-state index >= 15 is 0 Å². The second kappa shape index (κ2) is 10.1. The lowest BCUT2D eigenvalue weighted by atomic mass is 10.1. The van der Waals surface area contributed by atoms with E-state index in [1.165, 1.54) is 36.2 Å². The number of rotatable bonds is 7. The van der Waals surface area contributed by atoms with E-state index in [2.05, 4.69) is 10.0 Å². The van der Waals surface area contributed by atoms with E-state index in [1.54, 1.807) is 12.1 Å². The van der Waals surface area contributed by atoms with Crippen molar-refractivity contribution in [1.82, 2.24) is 4.90 Å². The van der Waals surface area contributed by atoms with Crippen LogP contribution in [-0.4, -0.2) is 38.7 Å². The smallest absolute Gasteiger partial charge is 0.261 e. The van der Waals surface area contributed by atoms with Crippen molar-refractivity contribution in [3.8, 4) is 0 Å². The molecule has 0 heterocycles. The summed E-state index contributed by atoms with van der Waals surface area (Å²) in [6, 6.07) is 16.7. The summed E-state index contributed by atoms with van der Waals surface area (Å²) in [4.78, 5) is 26.7. The highest BCUT2D eigenvalue weighted by atomic mass is 32.2. The summed E-state index contributed by atoms with van der Waals surface area (Å²) >= 11 is 0. The van der Waals surface area contributed by atoms with Crippen molar-refractivity contribution in [2.75, 3.05) is 23.6 Å². The molecule has 0 saturated heterocycles. The van der Waals surface area contributed by atoms with E-state index in [4.69, 9.17) is 0 Å². The Kier molecular flexibility index (Phi) is 7.41. The molecule has 0 aliphatic heterocycles. The number of aryl methyl sites for hydroxylation is 4. The highest BCUT2D eigenvalue weighted by Crippen LogP contribution is 2.22. The van der Waals surface area contributed by atoms with Crippen molar-refractivity contribution < 1.29 is 18.0 Å². The van der Waals surface area contributed by atoms with Crippen LogP contribution in [-0.2, 0) is 14.8 Å². The molecular weight excluding hydrogens is 450 g/mol. The van der Waals surface area contributed by atoms with Crippen LogP contribution in [0.25, 0.3) is 0 Å². The molecule has 2 amide bonds. The number of amides is 2. The highest BCUT2D eigenvalue weighted by molar-refractivity contribution is 7.92. The van der Waals surface area contributed by atoms with Crippen LogP contribution in [0.2, 0.25) is 0 Å². The maximum Gasteiger partial charge on any atom is 0.261 e. The van der Waals surface area contributed by atoms with E-state index in [9.17, 15) is 18.0 Å². The third-order valence-corrected chi connectivity index (χ3v) is 6.85. The minimum Gasteiger partial charge on any atom is -0.332 e. The normalized spacial score (nSPS) is 11.1. The molecule has 7 nitrogen and oxygen atoms in total. The predicted molar refractivity (Wildman–Crippen MR) is 135 cm³/mol. The van der Waals surface area contributed by atoms with Crippen molar-refractivity contribution in [2.45, 2.75) is 32.6 Å². The van der Waals surface area contributed by atoms with Gasteiger partial charge in [0.1, 0.15) is 0 Å². The number of nitrogens with one attached hydrogen (secondary N) is 2. The van der Waals surface area contributed by atoms with Crippen molar-refractivity contribution in [3.05, 3.63) is 88.5 Å². The Labute approximate surface area is 200 Å². The molecule has 34 heavy (non-hydrogen) atoms. The molecule has 0 aliphatic carbocycles. The van der Waals surface area contributed by atoms with Crippen LogP contribution in [0, 0.1) is 27.7 Å². The molecule has 0 radical (unpaired) electrons. The predicted octanol–water partition coefficient (Wildman–Crippen LogP) is 4.43. The summed E-state index contributed by atoms with van der Waals surface area (Å²) in [5.41, 5.74) is 5.34. The molecule has 8 heteroatoms. The molecule has 0 atom stereocenters. The minimum atomic E-state index is -3.80. The van der Waals surface area contributed by atoms with Crippen LogP contribution in [0.1, 0.15) is 32.6 Å². The van der Waals surface area contributed by atoms with Gasteiger partial charge in [-0.2, -0.15) is 0 Å². The summed E-state index contributed by atoms with van der Waals surface area (Å²) in [6.07, 6.45) is 0. The zero-order valence-corrected chi connectivity index (χ0v) is 20.8. The number of likely N-dealkylation sites (N-methyl/N-ethyl adjacent to an activating group) is 1. The monoisotopic (exact) mass is 479 g/mol. The number of carbonyl (C=O) groups excluding carboxylic acids is 2. The first-order valence-electron chi connectivity index (χ1n) is 10.8. The van der Waals surface area contributed by atoms with Crippen molar-refractivity contribution >= 4 is 33.2 Å². The van der Waals surface area contributed by atoms with Gasteiger partial charge in [-0.1, -0.05) is 35.9 Å². The van der Waals surface area contributed by atoms with E-state index < -0.39 is 10.0 Å². The van der Waals surface area contributed by atoms with Crippen molar-refractivity contribution in [2.24, 2.45) is 0 Å². The van der Waals surface area contributed by atoms with Crippen molar-refractivity contribution in [1.29, 1.82) is 0 Å². The standard InChI is InChI=1S/C26H29N3O4S/c1-17-14-19(3)25(20(4)15-17)27-24(30)16-29(5)26(31)21-10-12-22(13-11-21)34(32,33)28-23-9-7-6-8-18(23)2/h6-15,28H,16H2,1-5H3,(H,27,30). The molecule has 0 bridgehead atoms. The molecule has 0 fully saturated rings. The molecular formula is C26H29N3O4S. The van der Waals surface area contributed by atoms with Crippen LogP contribution in [0.15, 0.2) is 65.6 Å². The Morgan fingerprint density at radius 2 is 1.44 bits per heavy atom. The van der Waals surface area contributed by atoms with E-state index in [-0.39, 0.29) is 28.8 Å². The molecule has 0 aromatic heterocycles. The fraction of sp³-hybridized carbons (Fsp3) is 0.231. The minimum absolute atomic E-state index is 0.0398. The lowest BCUT2D eigenvalue weighted by Gasteiger charge is -2.19. The number of nitrogens with zero attached hydrogens (tertiary/aromatic N) is 1. The van der Waals surface area contributed by atoms with Gasteiger partial charge in [0.05, 0.1) is 17.1 Å². The van der Waals surface area contributed by atoms with Gasteiger partial charge in [-0.25, -0.2) is 8.42 Å². The zero-order valence-electron chi connectivity index (χ0n) is 20.0. The van der Waals surface area contributed by atoms with Crippen LogP contribution in [0.5, 0.6) is 0 Å². The van der Waals surface area contributed by atoms with E-state index in [0.29, 0.717) is 5.69 Å². The fourth-order valence-corrected chi connectivity index (χ4v) is 4.86. The number of sulfonamides is 1. The van der Waals surface area contributed by atoms with Gasteiger partial charge in [-0.15, -0.1) is 0 Å². The number of carbonyl (C=O) groups is 2. The number of anilines is 2. The Bertz CT molecular complexity index is 1310. The maximum absolute atomic E-state index is 12.8. The topological polar surface area (TPSA) is 95.6 Å². The van der Waals surface area contributed by atoms with Crippen LogP contribution in [0.3, 0.4) is 0 Å². The van der Waals surface area contributed by atoms with Gasteiger partial charge in [0.25, 0.3) is 15.9 Å². The lowest BCUT2D eigenvalue weighted by Crippen LogP contribution is -2.35.